The number of aryl methyl sites for hydroxylation is 1. The number of nitrogens with zero attached hydrogens (tertiary/aromatic N) is 4. The molecule has 294 valence electrons. The number of nitrogens with one attached hydrogen (secondary N) is 3. The smallest absolute Gasteiger partial charge is 0.264 e. The number of carbonyl (C=O) groups is 6. The molecule has 3 N–H and O–H groups in total. The van der Waals surface area contributed by atoms with Gasteiger partial charge < -0.3 is 19.9 Å². The van der Waals surface area contributed by atoms with Gasteiger partial charge in [0.2, 0.25) is 17.7 Å². The third kappa shape index (κ3) is 7.98. The molecule has 3 aromatic rings. The van der Waals surface area contributed by atoms with Crippen molar-refractivity contribution < 1.29 is 33.5 Å². The van der Waals surface area contributed by atoms with Gasteiger partial charge in [-0.1, -0.05) is 18.6 Å². The van der Waals surface area contributed by atoms with Gasteiger partial charge in [0.25, 0.3) is 17.7 Å². The Morgan fingerprint density at radius 2 is 1.84 bits per heavy atom. The summed E-state index contributed by atoms with van der Waals surface area (Å²) in [4.78, 5) is 87.1. The van der Waals surface area contributed by atoms with Crippen LogP contribution in [0.4, 0.5) is 16.5 Å². The predicted molar refractivity (Wildman–Crippen MR) is 211 cm³/mol. The summed E-state index contributed by atoms with van der Waals surface area (Å²) < 4.78 is 6.06. The quantitative estimate of drug-likeness (QED) is 0.156. The number of rotatable bonds is 14. The molecule has 56 heavy (non-hydrogen) atoms. The van der Waals surface area contributed by atoms with E-state index in [0.717, 1.165) is 110 Å². The summed E-state index contributed by atoms with van der Waals surface area (Å²) in [5.74, 6) is -1.84. The molecule has 15 heteroatoms. The molecule has 6 amide bonds. The summed E-state index contributed by atoms with van der Waals surface area (Å²) in [7, 11) is 0. The number of ether oxygens (including phenoxy) is 1. The van der Waals surface area contributed by atoms with Crippen molar-refractivity contribution in [3.05, 3.63) is 58.0 Å². The lowest BCUT2D eigenvalue weighted by molar-refractivity contribution is -0.136. The van der Waals surface area contributed by atoms with Crippen molar-refractivity contribution >= 4 is 63.3 Å². The van der Waals surface area contributed by atoms with Crippen LogP contribution in [0.15, 0.2) is 36.4 Å². The van der Waals surface area contributed by atoms with E-state index < -0.39 is 29.7 Å². The highest BCUT2D eigenvalue weighted by Crippen LogP contribution is 2.39. The monoisotopic (exact) mass is 781 g/mol. The van der Waals surface area contributed by atoms with Crippen LogP contribution in [0.2, 0.25) is 0 Å². The van der Waals surface area contributed by atoms with Crippen molar-refractivity contribution in [1.82, 2.24) is 20.1 Å². The molecule has 1 saturated carbocycles. The first-order valence-electron chi connectivity index (χ1n) is 19.8. The zero-order chi connectivity index (χ0) is 38.9. The maximum atomic E-state index is 13.3. The van der Waals surface area contributed by atoms with Gasteiger partial charge in [0.15, 0.2) is 5.13 Å². The second-order valence-electron chi connectivity index (χ2n) is 15.4. The highest BCUT2D eigenvalue weighted by molar-refractivity contribution is 7.16. The number of anilines is 3. The average molecular weight is 782 g/mol. The molecule has 8 rings (SSSR count). The van der Waals surface area contributed by atoms with E-state index in [9.17, 15) is 28.8 Å². The number of likely N-dealkylation sites (tertiary alicyclic amines) is 1. The number of unbranched alkanes of at least 4 members (excludes halogenated alkanes) is 2. The van der Waals surface area contributed by atoms with E-state index in [2.05, 4.69) is 26.9 Å². The Labute approximate surface area is 329 Å². The largest absolute Gasteiger partial charge is 0.384 e. The Bertz CT molecular complexity index is 2080. The summed E-state index contributed by atoms with van der Waals surface area (Å²) in [5, 5.41) is 9.02. The highest BCUT2D eigenvalue weighted by Gasteiger charge is 2.45. The summed E-state index contributed by atoms with van der Waals surface area (Å²) in [6.45, 7) is 5.98. The SMILES string of the molecule is Cc1sc(NC(=O)COC2CCCN(CCCCCNc3cccc4c3C(=O)N(C3CCC(=O)NC3=O)C4=O)C2)nc1-c1ccc2c(c1)CCN2C(=O)C1CC1. The van der Waals surface area contributed by atoms with E-state index in [1.807, 2.05) is 24.0 Å². The van der Waals surface area contributed by atoms with Crippen LogP contribution in [0.5, 0.6) is 0 Å². The van der Waals surface area contributed by atoms with Crippen LogP contribution in [0.1, 0.15) is 88.9 Å². The molecule has 2 atom stereocenters. The van der Waals surface area contributed by atoms with Gasteiger partial charge in [0.05, 0.1) is 22.9 Å². The van der Waals surface area contributed by atoms with Gasteiger partial charge in [-0.15, -0.1) is 11.3 Å². The Kier molecular flexibility index (Phi) is 11.0. The Morgan fingerprint density at radius 1 is 0.982 bits per heavy atom. The van der Waals surface area contributed by atoms with Gasteiger partial charge in [0.1, 0.15) is 12.6 Å². The van der Waals surface area contributed by atoms with Crippen LogP contribution in [0.3, 0.4) is 0 Å². The Hall–Kier alpha value is -4.99. The summed E-state index contributed by atoms with van der Waals surface area (Å²) in [6.07, 6.45) is 7.71. The third-order valence-electron chi connectivity index (χ3n) is 11.3. The van der Waals surface area contributed by atoms with Crippen LogP contribution in [0.25, 0.3) is 11.3 Å². The first-order chi connectivity index (χ1) is 27.1. The Balaban J connectivity index is 0.748. The topological polar surface area (TPSA) is 170 Å². The maximum Gasteiger partial charge on any atom is 0.264 e. The summed E-state index contributed by atoms with van der Waals surface area (Å²) >= 11 is 1.45. The van der Waals surface area contributed by atoms with Gasteiger partial charge in [-0.3, -0.25) is 44.3 Å². The van der Waals surface area contributed by atoms with Gasteiger partial charge in [-0.25, -0.2) is 4.98 Å². The van der Waals surface area contributed by atoms with E-state index in [0.29, 0.717) is 17.4 Å². The van der Waals surface area contributed by atoms with Crippen molar-refractivity contribution in [3.63, 3.8) is 0 Å². The molecule has 1 aromatic heterocycles. The number of hydrogen-bond donors (Lipinski definition) is 3. The molecule has 4 aliphatic heterocycles. The fourth-order valence-corrected chi connectivity index (χ4v) is 9.12. The minimum atomic E-state index is -0.993. The molecule has 0 radical (unpaired) electrons. The van der Waals surface area contributed by atoms with Crippen molar-refractivity contribution in [3.8, 4) is 11.3 Å². The lowest BCUT2D eigenvalue weighted by Gasteiger charge is -2.32. The maximum absolute atomic E-state index is 13.3. The van der Waals surface area contributed by atoms with E-state index in [-0.39, 0.29) is 54.4 Å². The number of piperidine rings is 2. The van der Waals surface area contributed by atoms with E-state index in [1.54, 1.807) is 18.2 Å². The third-order valence-corrected chi connectivity index (χ3v) is 12.2. The molecule has 5 aliphatic rings. The van der Waals surface area contributed by atoms with Gasteiger partial charge in [-0.05, 0) is 101 Å². The molecule has 1 aliphatic carbocycles. The molecular weight excluding hydrogens is 735 g/mol. The number of thiazole rings is 1. The normalized spacial score (nSPS) is 20.9. The fraction of sp³-hybridized carbons (Fsp3) is 0.488. The van der Waals surface area contributed by atoms with Crippen molar-refractivity contribution in [2.45, 2.75) is 83.3 Å². The fourth-order valence-electron chi connectivity index (χ4n) is 8.27. The highest BCUT2D eigenvalue weighted by atomic mass is 32.1. The lowest BCUT2D eigenvalue weighted by Crippen LogP contribution is -2.54. The van der Waals surface area contributed by atoms with E-state index in [1.165, 1.54) is 11.3 Å². The molecule has 0 spiro atoms. The number of hydrogen-bond acceptors (Lipinski definition) is 11. The Morgan fingerprint density at radius 3 is 2.66 bits per heavy atom. The zero-order valence-corrected chi connectivity index (χ0v) is 32.4. The molecule has 3 fully saturated rings. The molecule has 2 unspecified atom stereocenters. The first-order valence-corrected chi connectivity index (χ1v) is 20.6. The van der Waals surface area contributed by atoms with Crippen molar-refractivity contribution in [1.29, 1.82) is 0 Å². The van der Waals surface area contributed by atoms with Crippen molar-refractivity contribution in [2.75, 3.05) is 54.9 Å². The molecule has 2 saturated heterocycles. The molecule has 14 nitrogen and oxygen atoms in total. The summed E-state index contributed by atoms with van der Waals surface area (Å²) in [5.41, 5.74) is 5.10. The number of fused-ring (bicyclic) bond motifs is 2. The summed E-state index contributed by atoms with van der Waals surface area (Å²) in [6, 6.07) is 10.3. The first kappa shape index (κ1) is 37.9. The van der Waals surface area contributed by atoms with Crippen LogP contribution in [-0.4, -0.2) is 102 Å². The number of benzene rings is 2. The predicted octanol–water partition coefficient (Wildman–Crippen LogP) is 4.52. The number of imide groups is 2. The second-order valence-corrected chi connectivity index (χ2v) is 16.6. The zero-order valence-electron chi connectivity index (χ0n) is 31.6. The number of aromatic nitrogens is 1. The van der Waals surface area contributed by atoms with E-state index >= 15 is 0 Å². The second kappa shape index (κ2) is 16.2. The molecular formula is C41H47N7O7S. The lowest BCUT2D eigenvalue weighted by atomic mass is 10.0. The minimum absolute atomic E-state index is 0.0253. The molecule has 5 heterocycles. The van der Waals surface area contributed by atoms with Gasteiger partial charge in [-0.2, -0.15) is 0 Å². The van der Waals surface area contributed by atoms with Crippen LogP contribution < -0.4 is 20.9 Å². The molecule has 2 aromatic carbocycles. The standard InChI is InChI=1S/C41H47N7O7S/c1-24-36(27-12-13-31-26(21-27)16-20-47(31)38(52)25-10-11-25)45-41(56-24)44-34(50)23-55-28-7-6-19-46(22-28)18-4-2-3-17-42-30-9-5-8-29-35(30)40(54)48(39(29)53)32-14-15-33(49)43-37(32)51/h5,8-9,12-13,21,25,28,32,42H,2-4,6-7,10-11,14-20,22-23H2,1H3,(H,43,49,51)(H,44,45,50). The number of carbonyl (C=O) groups excluding carboxylic acids is 6. The van der Waals surface area contributed by atoms with Crippen LogP contribution in [-0.2, 0) is 30.3 Å². The van der Waals surface area contributed by atoms with Crippen molar-refractivity contribution in [2.24, 2.45) is 5.92 Å². The number of amides is 6. The van der Waals surface area contributed by atoms with E-state index in [4.69, 9.17) is 9.72 Å². The van der Waals surface area contributed by atoms with Gasteiger partial charge in [0, 0.05) is 53.8 Å². The molecule has 0 bridgehead atoms. The van der Waals surface area contributed by atoms with Crippen LogP contribution >= 0.6 is 11.3 Å². The van der Waals surface area contributed by atoms with Gasteiger partial charge >= 0.3 is 0 Å². The van der Waals surface area contributed by atoms with Crippen LogP contribution in [0, 0.1) is 12.8 Å². The minimum Gasteiger partial charge on any atom is -0.384 e. The average Bonchev–Trinajstić information content (AvgIpc) is 3.78.